The van der Waals surface area contributed by atoms with Crippen molar-refractivity contribution in [2.24, 2.45) is 0 Å². The predicted molar refractivity (Wildman–Crippen MR) is 72.4 cm³/mol. The molecule has 1 amide bonds. The summed E-state index contributed by atoms with van der Waals surface area (Å²) in [6.45, 7) is 2.03. The Morgan fingerprint density at radius 1 is 1.44 bits per heavy atom. The van der Waals surface area contributed by atoms with E-state index in [-0.39, 0.29) is 18.6 Å². The fraction of sp³-hybridized carbons (Fsp3) is 0.500. The molecule has 1 aromatic carbocycles. The van der Waals surface area contributed by atoms with Crippen LogP contribution >= 0.6 is 0 Å². The maximum Gasteiger partial charge on any atom is 0.250 e. The van der Waals surface area contributed by atoms with E-state index < -0.39 is 0 Å². The number of nitrogens with two attached hydrogens (primary N) is 1. The van der Waals surface area contributed by atoms with Crippen LogP contribution in [0.2, 0.25) is 0 Å². The number of amides is 1. The predicted octanol–water partition coefficient (Wildman–Crippen LogP) is 2.47. The zero-order valence-corrected chi connectivity index (χ0v) is 10.7. The van der Waals surface area contributed by atoms with Crippen LogP contribution in [0.5, 0.6) is 0 Å². The van der Waals surface area contributed by atoms with E-state index in [2.05, 4.69) is 5.32 Å². The zero-order valence-electron chi connectivity index (χ0n) is 10.7. The maximum absolute atomic E-state index is 11.8. The topological polar surface area (TPSA) is 64.3 Å². The zero-order chi connectivity index (χ0) is 13.0. The molecule has 18 heavy (non-hydrogen) atoms. The fourth-order valence-electron chi connectivity index (χ4n) is 2.29. The molecule has 1 saturated carbocycles. The van der Waals surface area contributed by atoms with E-state index in [9.17, 15) is 4.79 Å². The molecule has 1 aliphatic carbocycles. The summed E-state index contributed by atoms with van der Waals surface area (Å²) in [6, 6.07) is 5.57. The number of para-hydroxylation sites is 1. The third-order valence-corrected chi connectivity index (χ3v) is 3.32. The largest absolute Gasteiger partial charge is 0.397 e. The van der Waals surface area contributed by atoms with Gasteiger partial charge in [0.2, 0.25) is 5.91 Å². The van der Waals surface area contributed by atoms with Crippen molar-refractivity contribution < 1.29 is 9.53 Å². The van der Waals surface area contributed by atoms with Gasteiger partial charge in [-0.05, 0) is 31.4 Å². The van der Waals surface area contributed by atoms with Crippen molar-refractivity contribution in [2.45, 2.75) is 38.7 Å². The standard InChI is InChI=1S/C14H20N2O2/c1-10-5-4-8-12(15)14(10)16-13(17)9-18-11-6-2-3-7-11/h4-5,8,11H,2-3,6-7,9,15H2,1H3,(H,16,17). The lowest BCUT2D eigenvalue weighted by molar-refractivity contribution is -0.122. The molecule has 4 heteroatoms. The fourth-order valence-corrected chi connectivity index (χ4v) is 2.29. The van der Waals surface area contributed by atoms with Gasteiger partial charge in [-0.3, -0.25) is 4.79 Å². The molecule has 2 rings (SSSR count). The van der Waals surface area contributed by atoms with Crippen LogP contribution in [0.25, 0.3) is 0 Å². The van der Waals surface area contributed by atoms with E-state index in [1.165, 1.54) is 12.8 Å². The molecule has 98 valence electrons. The average molecular weight is 248 g/mol. The first kappa shape index (κ1) is 12.9. The molecule has 0 spiro atoms. The van der Waals surface area contributed by atoms with Crippen LogP contribution in [-0.2, 0) is 9.53 Å². The second kappa shape index (κ2) is 5.87. The molecule has 0 bridgehead atoms. The van der Waals surface area contributed by atoms with E-state index in [1.54, 1.807) is 6.07 Å². The van der Waals surface area contributed by atoms with Crippen LogP contribution in [0, 0.1) is 6.92 Å². The van der Waals surface area contributed by atoms with Crippen LogP contribution in [-0.4, -0.2) is 18.6 Å². The number of benzene rings is 1. The Morgan fingerprint density at radius 2 is 2.17 bits per heavy atom. The van der Waals surface area contributed by atoms with Gasteiger partial charge in [-0.25, -0.2) is 0 Å². The number of hydrogen-bond donors (Lipinski definition) is 2. The number of aryl methyl sites for hydroxylation is 1. The molecule has 4 nitrogen and oxygen atoms in total. The van der Waals surface area contributed by atoms with Gasteiger partial charge in [0.25, 0.3) is 0 Å². The number of anilines is 2. The minimum atomic E-state index is -0.136. The van der Waals surface area contributed by atoms with Crippen molar-refractivity contribution in [2.75, 3.05) is 17.7 Å². The van der Waals surface area contributed by atoms with Gasteiger partial charge >= 0.3 is 0 Å². The number of hydrogen-bond acceptors (Lipinski definition) is 3. The van der Waals surface area contributed by atoms with Gasteiger partial charge in [-0.2, -0.15) is 0 Å². The second-order valence-corrected chi connectivity index (χ2v) is 4.80. The average Bonchev–Trinajstić information content (AvgIpc) is 2.84. The lowest BCUT2D eigenvalue weighted by atomic mass is 10.1. The van der Waals surface area contributed by atoms with Crippen molar-refractivity contribution in [3.63, 3.8) is 0 Å². The molecule has 0 heterocycles. The van der Waals surface area contributed by atoms with E-state index >= 15 is 0 Å². The Bertz CT molecular complexity index is 406. The van der Waals surface area contributed by atoms with Crippen LogP contribution in [0.1, 0.15) is 31.2 Å². The quantitative estimate of drug-likeness (QED) is 0.804. The summed E-state index contributed by atoms with van der Waals surface area (Å²) >= 11 is 0. The maximum atomic E-state index is 11.8. The van der Waals surface area contributed by atoms with Crippen molar-refractivity contribution in [3.8, 4) is 0 Å². The van der Waals surface area contributed by atoms with Gasteiger partial charge < -0.3 is 15.8 Å². The number of nitrogens with one attached hydrogen (secondary N) is 1. The Labute approximate surface area is 108 Å². The molecule has 1 aromatic rings. The highest BCUT2D eigenvalue weighted by atomic mass is 16.5. The Morgan fingerprint density at radius 3 is 2.83 bits per heavy atom. The van der Waals surface area contributed by atoms with Gasteiger partial charge in [0, 0.05) is 0 Å². The van der Waals surface area contributed by atoms with E-state index in [0.717, 1.165) is 18.4 Å². The summed E-state index contributed by atoms with van der Waals surface area (Å²) in [4.78, 5) is 11.8. The molecule has 3 N–H and O–H groups in total. The Hall–Kier alpha value is -1.55. The highest BCUT2D eigenvalue weighted by molar-refractivity contribution is 5.95. The molecule has 1 fully saturated rings. The van der Waals surface area contributed by atoms with Crippen molar-refractivity contribution in [1.82, 2.24) is 0 Å². The van der Waals surface area contributed by atoms with Crippen molar-refractivity contribution in [3.05, 3.63) is 23.8 Å². The molecule has 1 aliphatic rings. The first-order chi connectivity index (χ1) is 8.66. The highest BCUT2D eigenvalue weighted by Crippen LogP contribution is 2.23. The van der Waals surface area contributed by atoms with E-state index in [0.29, 0.717) is 11.4 Å². The normalized spacial score (nSPS) is 15.8. The minimum absolute atomic E-state index is 0.110. The molecule has 0 aromatic heterocycles. The monoisotopic (exact) mass is 248 g/mol. The SMILES string of the molecule is Cc1cccc(N)c1NC(=O)COC1CCCC1. The van der Waals surface area contributed by atoms with Gasteiger partial charge in [0.05, 0.1) is 17.5 Å². The third kappa shape index (κ3) is 3.23. The van der Waals surface area contributed by atoms with Crippen LogP contribution in [0.3, 0.4) is 0 Å². The minimum Gasteiger partial charge on any atom is -0.397 e. The van der Waals surface area contributed by atoms with Crippen LogP contribution in [0.15, 0.2) is 18.2 Å². The third-order valence-electron chi connectivity index (χ3n) is 3.32. The van der Waals surface area contributed by atoms with Crippen molar-refractivity contribution in [1.29, 1.82) is 0 Å². The molecule has 0 atom stereocenters. The smallest absolute Gasteiger partial charge is 0.250 e. The first-order valence-electron chi connectivity index (χ1n) is 6.43. The second-order valence-electron chi connectivity index (χ2n) is 4.80. The molecule has 0 aliphatic heterocycles. The number of nitrogen functional groups attached to an aromatic ring is 1. The van der Waals surface area contributed by atoms with E-state index in [1.807, 2.05) is 19.1 Å². The number of carbonyl (C=O) groups excluding carboxylic acids is 1. The van der Waals surface area contributed by atoms with Gasteiger partial charge in [0.1, 0.15) is 6.61 Å². The summed E-state index contributed by atoms with van der Waals surface area (Å²) in [5.41, 5.74) is 8.07. The first-order valence-corrected chi connectivity index (χ1v) is 6.43. The van der Waals surface area contributed by atoms with Gasteiger partial charge in [-0.15, -0.1) is 0 Å². The van der Waals surface area contributed by atoms with Gasteiger partial charge in [0.15, 0.2) is 0 Å². The molecule has 0 saturated heterocycles. The van der Waals surface area contributed by atoms with Crippen molar-refractivity contribution >= 4 is 17.3 Å². The molecular weight excluding hydrogens is 228 g/mol. The van der Waals surface area contributed by atoms with Crippen LogP contribution in [0.4, 0.5) is 11.4 Å². The number of rotatable bonds is 4. The number of ether oxygens (including phenoxy) is 1. The van der Waals surface area contributed by atoms with Crippen LogP contribution < -0.4 is 11.1 Å². The summed E-state index contributed by atoms with van der Waals surface area (Å²) in [5, 5.41) is 2.81. The lowest BCUT2D eigenvalue weighted by Gasteiger charge is -2.13. The Balaban J connectivity index is 1.86. The number of carbonyl (C=O) groups is 1. The lowest BCUT2D eigenvalue weighted by Crippen LogP contribution is -2.22. The summed E-state index contributed by atoms with van der Waals surface area (Å²) < 4.78 is 5.56. The molecular formula is C14H20N2O2. The highest BCUT2D eigenvalue weighted by Gasteiger charge is 2.17. The molecule has 0 unspecified atom stereocenters. The Kier molecular flexibility index (Phi) is 4.20. The summed E-state index contributed by atoms with van der Waals surface area (Å²) in [5.74, 6) is -0.136. The summed E-state index contributed by atoms with van der Waals surface area (Å²) in [7, 11) is 0. The van der Waals surface area contributed by atoms with Gasteiger partial charge in [-0.1, -0.05) is 25.0 Å². The van der Waals surface area contributed by atoms with E-state index in [4.69, 9.17) is 10.5 Å². The summed E-state index contributed by atoms with van der Waals surface area (Å²) in [6.07, 6.45) is 4.80. The molecule has 0 radical (unpaired) electrons.